The minimum atomic E-state index is 0.488. The highest BCUT2D eigenvalue weighted by Gasteiger charge is 1.96. The van der Waals surface area contributed by atoms with Crippen LogP contribution in [0.4, 0.5) is 5.69 Å². The summed E-state index contributed by atoms with van der Waals surface area (Å²) in [6, 6.07) is 9.63. The van der Waals surface area contributed by atoms with Gasteiger partial charge in [0, 0.05) is 17.6 Å². The summed E-state index contributed by atoms with van der Waals surface area (Å²) >= 11 is 5.79. The van der Waals surface area contributed by atoms with Gasteiger partial charge in [-0.3, -0.25) is 4.98 Å². The van der Waals surface area contributed by atoms with Crippen molar-refractivity contribution in [3.63, 3.8) is 0 Å². The highest BCUT2D eigenvalue weighted by atomic mass is 35.5. The van der Waals surface area contributed by atoms with E-state index in [2.05, 4.69) is 15.3 Å². The van der Waals surface area contributed by atoms with Crippen LogP contribution >= 0.6 is 11.6 Å². The van der Waals surface area contributed by atoms with E-state index in [1.807, 2.05) is 31.2 Å². The fourth-order valence-electron chi connectivity index (χ4n) is 1.40. The van der Waals surface area contributed by atoms with Gasteiger partial charge in [0.05, 0.1) is 12.2 Å². The lowest BCUT2D eigenvalue weighted by molar-refractivity contribution is 1.01. The van der Waals surface area contributed by atoms with Gasteiger partial charge in [0.1, 0.15) is 5.15 Å². The predicted octanol–water partition coefficient (Wildman–Crippen LogP) is 3.05. The quantitative estimate of drug-likeness (QED) is 0.828. The van der Waals surface area contributed by atoms with Crippen LogP contribution in [0.5, 0.6) is 0 Å². The summed E-state index contributed by atoms with van der Waals surface area (Å²) in [7, 11) is 0. The lowest BCUT2D eigenvalue weighted by Gasteiger charge is -2.06. The van der Waals surface area contributed by atoms with Gasteiger partial charge in [-0.15, -0.1) is 0 Å². The van der Waals surface area contributed by atoms with Crippen molar-refractivity contribution >= 4 is 17.3 Å². The molecule has 2 aromatic heterocycles. The molecule has 0 aromatic carbocycles. The second-order valence-electron chi connectivity index (χ2n) is 3.49. The van der Waals surface area contributed by atoms with E-state index in [0.29, 0.717) is 11.7 Å². The van der Waals surface area contributed by atoms with E-state index in [0.717, 1.165) is 17.1 Å². The van der Waals surface area contributed by atoms with Crippen LogP contribution in [0.25, 0.3) is 0 Å². The number of nitrogens with zero attached hydrogens (tertiary/aromatic N) is 2. The Morgan fingerprint density at radius 3 is 2.94 bits per heavy atom. The molecule has 0 fully saturated rings. The first-order chi connectivity index (χ1) is 7.74. The highest BCUT2D eigenvalue weighted by molar-refractivity contribution is 6.29. The van der Waals surface area contributed by atoms with Gasteiger partial charge in [0.2, 0.25) is 0 Å². The Labute approximate surface area is 99.5 Å². The van der Waals surface area contributed by atoms with Crippen molar-refractivity contribution in [1.29, 1.82) is 0 Å². The lowest BCUT2D eigenvalue weighted by Crippen LogP contribution is -2.02. The van der Waals surface area contributed by atoms with E-state index >= 15 is 0 Å². The Bertz CT molecular complexity index is 440. The van der Waals surface area contributed by atoms with Gasteiger partial charge in [-0.1, -0.05) is 17.7 Å². The molecule has 82 valence electrons. The van der Waals surface area contributed by atoms with E-state index in [1.54, 1.807) is 12.3 Å². The van der Waals surface area contributed by atoms with Crippen molar-refractivity contribution in [1.82, 2.24) is 9.97 Å². The second kappa shape index (κ2) is 4.94. The van der Waals surface area contributed by atoms with Crippen LogP contribution in [0.1, 0.15) is 11.4 Å². The van der Waals surface area contributed by atoms with Crippen molar-refractivity contribution in [3.05, 3.63) is 53.1 Å². The molecule has 0 atom stereocenters. The van der Waals surface area contributed by atoms with Crippen LogP contribution in [0.2, 0.25) is 5.15 Å². The normalized spacial score (nSPS) is 10.1. The average molecular weight is 234 g/mol. The number of aromatic nitrogens is 2. The second-order valence-corrected chi connectivity index (χ2v) is 3.88. The van der Waals surface area contributed by atoms with Gasteiger partial charge < -0.3 is 5.32 Å². The molecule has 4 heteroatoms. The fourth-order valence-corrected chi connectivity index (χ4v) is 1.58. The Morgan fingerprint density at radius 1 is 1.31 bits per heavy atom. The van der Waals surface area contributed by atoms with Crippen LogP contribution in [0.3, 0.4) is 0 Å². The molecule has 16 heavy (non-hydrogen) atoms. The number of rotatable bonds is 3. The van der Waals surface area contributed by atoms with Gasteiger partial charge >= 0.3 is 0 Å². The minimum Gasteiger partial charge on any atom is -0.379 e. The smallest absolute Gasteiger partial charge is 0.131 e. The number of pyridine rings is 2. The molecule has 0 saturated heterocycles. The minimum absolute atomic E-state index is 0.488. The number of hydrogen-bond acceptors (Lipinski definition) is 3. The summed E-state index contributed by atoms with van der Waals surface area (Å²) in [5.41, 5.74) is 2.98. The maximum absolute atomic E-state index is 5.79. The van der Waals surface area contributed by atoms with Gasteiger partial charge in [0.25, 0.3) is 0 Å². The first kappa shape index (κ1) is 10.9. The van der Waals surface area contributed by atoms with E-state index in [9.17, 15) is 0 Å². The average Bonchev–Trinajstić information content (AvgIpc) is 2.27. The molecule has 0 saturated carbocycles. The number of anilines is 1. The molecule has 3 nitrogen and oxygen atoms in total. The topological polar surface area (TPSA) is 37.8 Å². The standard InChI is InChI=1S/C12H12ClN3/c1-9-3-2-4-11(16-9)8-15-10-5-6-14-12(13)7-10/h2-7H,8H2,1H3,(H,14,15). The summed E-state index contributed by atoms with van der Waals surface area (Å²) in [5, 5.41) is 3.73. The van der Waals surface area contributed by atoms with Crippen molar-refractivity contribution < 1.29 is 0 Å². The highest BCUT2D eigenvalue weighted by Crippen LogP contribution is 2.12. The monoisotopic (exact) mass is 233 g/mol. The molecule has 2 heterocycles. The zero-order chi connectivity index (χ0) is 11.4. The Kier molecular flexibility index (Phi) is 3.37. The van der Waals surface area contributed by atoms with E-state index in [-0.39, 0.29) is 0 Å². The van der Waals surface area contributed by atoms with Crippen LogP contribution in [0.15, 0.2) is 36.5 Å². The summed E-state index contributed by atoms with van der Waals surface area (Å²) in [5.74, 6) is 0. The Morgan fingerprint density at radius 2 is 2.19 bits per heavy atom. The molecule has 0 aliphatic carbocycles. The van der Waals surface area contributed by atoms with Crippen molar-refractivity contribution in [3.8, 4) is 0 Å². The summed E-state index contributed by atoms with van der Waals surface area (Å²) in [4.78, 5) is 8.32. The zero-order valence-electron chi connectivity index (χ0n) is 8.94. The molecule has 0 radical (unpaired) electrons. The first-order valence-electron chi connectivity index (χ1n) is 5.02. The van der Waals surface area contributed by atoms with Crippen molar-refractivity contribution in [2.45, 2.75) is 13.5 Å². The van der Waals surface area contributed by atoms with Gasteiger partial charge in [0.15, 0.2) is 0 Å². The van der Waals surface area contributed by atoms with Gasteiger partial charge in [-0.2, -0.15) is 0 Å². The maximum atomic E-state index is 5.79. The van der Waals surface area contributed by atoms with Crippen LogP contribution in [0, 0.1) is 6.92 Å². The molecular weight excluding hydrogens is 222 g/mol. The third-order valence-corrected chi connectivity index (χ3v) is 2.35. The molecule has 0 amide bonds. The van der Waals surface area contributed by atoms with Crippen LogP contribution < -0.4 is 5.32 Å². The first-order valence-corrected chi connectivity index (χ1v) is 5.40. The SMILES string of the molecule is Cc1cccc(CNc2ccnc(Cl)c2)n1. The third-order valence-electron chi connectivity index (χ3n) is 2.15. The Hall–Kier alpha value is -1.61. The number of aryl methyl sites for hydroxylation is 1. The molecule has 0 aliphatic rings. The molecule has 0 bridgehead atoms. The molecule has 0 unspecified atom stereocenters. The third kappa shape index (κ3) is 2.94. The predicted molar refractivity (Wildman–Crippen MR) is 65.5 cm³/mol. The summed E-state index contributed by atoms with van der Waals surface area (Å²) in [6.07, 6.45) is 1.67. The molecule has 2 aromatic rings. The molecule has 1 N–H and O–H groups in total. The number of halogens is 1. The lowest BCUT2D eigenvalue weighted by atomic mass is 10.3. The maximum Gasteiger partial charge on any atom is 0.131 e. The fraction of sp³-hybridized carbons (Fsp3) is 0.167. The summed E-state index contributed by atoms with van der Waals surface area (Å²) in [6.45, 7) is 2.66. The van der Waals surface area contributed by atoms with E-state index in [1.165, 1.54) is 0 Å². The van der Waals surface area contributed by atoms with Gasteiger partial charge in [-0.25, -0.2) is 4.98 Å². The molecule has 0 aliphatic heterocycles. The zero-order valence-corrected chi connectivity index (χ0v) is 9.70. The Balaban J connectivity index is 2.02. The largest absolute Gasteiger partial charge is 0.379 e. The van der Waals surface area contributed by atoms with Crippen LogP contribution in [-0.2, 0) is 6.54 Å². The molecule has 0 spiro atoms. The molecule has 2 rings (SSSR count). The number of hydrogen-bond donors (Lipinski definition) is 1. The number of nitrogens with one attached hydrogen (secondary N) is 1. The van der Waals surface area contributed by atoms with Crippen molar-refractivity contribution in [2.75, 3.05) is 5.32 Å². The van der Waals surface area contributed by atoms with Crippen LogP contribution in [-0.4, -0.2) is 9.97 Å². The van der Waals surface area contributed by atoms with E-state index < -0.39 is 0 Å². The van der Waals surface area contributed by atoms with E-state index in [4.69, 9.17) is 11.6 Å². The molecular formula is C12H12ClN3. The summed E-state index contributed by atoms with van der Waals surface area (Å²) < 4.78 is 0. The van der Waals surface area contributed by atoms with Gasteiger partial charge in [-0.05, 0) is 31.2 Å². The van der Waals surface area contributed by atoms with Crippen molar-refractivity contribution in [2.24, 2.45) is 0 Å².